The van der Waals surface area contributed by atoms with Crippen molar-refractivity contribution in [3.05, 3.63) is 0 Å². The molecule has 7 nitrogen and oxygen atoms in total. The molecule has 1 saturated heterocycles. The molecule has 0 aromatic heterocycles. The fourth-order valence-electron chi connectivity index (χ4n) is 2.15. The highest BCUT2D eigenvalue weighted by atomic mass is 16.4. The average molecular weight is 257 g/mol. The Morgan fingerprint density at radius 3 is 2.28 bits per heavy atom. The summed E-state index contributed by atoms with van der Waals surface area (Å²) in [5.41, 5.74) is 10.6. The predicted octanol–water partition coefficient (Wildman–Crippen LogP) is -1.10. The molecule has 0 bridgehead atoms. The molecule has 1 unspecified atom stereocenters. The van der Waals surface area contributed by atoms with Gasteiger partial charge in [0.15, 0.2) is 0 Å². The lowest BCUT2D eigenvalue weighted by Gasteiger charge is -2.32. The monoisotopic (exact) mass is 257 g/mol. The van der Waals surface area contributed by atoms with E-state index >= 15 is 0 Å². The van der Waals surface area contributed by atoms with Crippen LogP contribution < -0.4 is 11.5 Å². The third-order valence-electron chi connectivity index (χ3n) is 3.13. The summed E-state index contributed by atoms with van der Waals surface area (Å²) in [7, 11) is 0. The molecule has 0 saturated carbocycles. The van der Waals surface area contributed by atoms with Crippen LogP contribution in [0.15, 0.2) is 0 Å². The van der Waals surface area contributed by atoms with Gasteiger partial charge in [-0.3, -0.25) is 14.4 Å². The maximum atomic E-state index is 11.8. The largest absolute Gasteiger partial charge is 0.481 e. The first-order chi connectivity index (χ1) is 8.40. The highest BCUT2D eigenvalue weighted by Crippen LogP contribution is 2.20. The third kappa shape index (κ3) is 4.33. The predicted molar refractivity (Wildman–Crippen MR) is 63.3 cm³/mol. The van der Waals surface area contributed by atoms with Gasteiger partial charge in [-0.1, -0.05) is 0 Å². The second-order valence-electron chi connectivity index (χ2n) is 4.64. The third-order valence-corrected chi connectivity index (χ3v) is 3.13. The lowest BCUT2D eigenvalue weighted by Crippen LogP contribution is -2.48. The van der Waals surface area contributed by atoms with Crippen LogP contribution in [0.3, 0.4) is 0 Å². The Labute approximate surface area is 105 Å². The second-order valence-corrected chi connectivity index (χ2v) is 4.64. The number of hydrogen-bond acceptors (Lipinski definition) is 4. The molecule has 0 aromatic carbocycles. The zero-order valence-electron chi connectivity index (χ0n) is 10.2. The quantitative estimate of drug-likeness (QED) is 0.576. The van der Waals surface area contributed by atoms with Crippen LogP contribution in [-0.2, 0) is 14.4 Å². The van der Waals surface area contributed by atoms with Gasteiger partial charge < -0.3 is 21.5 Å². The molecule has 5 N–H and O–H groups in total. The number of carbonyl (C=O) groups excluding carboxylic acids is 2. The minimum absolute atomic E-state index is 0.210. The van der Waals surface area contributed by atoms with Crippen molar-refractivity contribution in [2.75, 3.05) is 13.1 Å². The molecule has 2 amide bonds. The van der Waals surface area contributed by atoms with Gasteiger partial charge in [0.1, 0.15) is 0 Å². The Hall–Kier alpha value is -1.63. The van der Waals surface area contributed by atoms with Crippen LogP contribution in [0.4, 0.5) is 0 Å². The number of carboxylic acids is 1. The molecule has 18 heavy (non-hydrogen) atoms. The first kappa shape index (κ1) is 14.4. The smallest absolute Gasteiger partial charge is 0.305 e. The first-order valence-electron chi connectivity index (χ1n) is 5.94. The molecule has 0 aromatic rings. The van der Waals surface area contributed by atoms with Crippen molar-refractivity contribution in [2.24, 2.45) is 17.4 Å². The highest BCUT2D eigenvalue weighted by Gasteiger charge is 2.27. The van der Waals surface area contributed by atoms with Crippen LogP contribution in [0.5, 0.6) is 0 Å². The van der Waals surface area contributed by atoms with E-state index in [2.05, 4.69) is 0 Å². The molecule has 0 spiro atoms. The van der Waals surface area contributed by atoms with Crippen molar-refractivity contribution in [3.8, 4) is 0 Å². The number of primary amides is 1. The van der Waals surface area contributed by atoms with Gasteiger partial charge in [0.05, 0.1) is 12.5 Å². The zero-order chi connectivity index (χ0) is 13.7. The van der Waals surface area contributed by atoms with E-state index in [1.54, 1.807) is 4.90 Å². The fourth-order valence-corrected chi connectivity index (χ4v) is 2.15. The van der Waals surface area contributed by atoms with Crippen molar-refractivity contribution in [2.45, 2.75) is 31.7 Å². The maximum absolute atomic E-state index is 11.8. The molecular weight excluding hydrogens is 238 g/mol. The van der Waals surface area contributed by atoms with Crippen LogP contribution in [0.2, 0.25) is 0 Å². The molecular formula is C11H19N3O4. The number of piperidine rings is 1. The maximum Gasteiger partial charge on any atom is 0.305 e. The highest BCUT2D eigenvalue weighted by molar-refractivity contribution is 5.86. The van der Waals surface area contributed by atoms with Gasteiger partial charge in [-0.25, -0.2) is 0 Å². The normalized spacial score (nSPS) is 18.4. The van der Waals surface area contributed by atoms with E-state index < -0.39 is 12.0 Å². The first-order valence-corrected chi connectivity index (χ1v) is 5.94. The van der Waals surface area contributed by atoms with Crippen LogP contribution in [-0.4, -0.2) is 46.9 Å². The standard InChI is InChI=1S/C11H19N3O4/c12-8(6-10(16)17)11(18)14-3-1-7(2-4-14)5-9(13)15/h7-8H,1-6,12H2,(H2,13,15)(H,16,17). The summed E-state index contributed by atoms with van der Waals surface area (Å²) in [5.74, 6) is -1.54. The molecule has 1 rings (SSSR count). The van der Waals surface area contributed by atoms with E-state index in [-0.39, 0.29) is 24.2 Å². The molecule has 1 heterocycles. The van der Waals surface area contributed by atoms with Gasteiger partial charge in [-0.05, 0) is 18.8 Å². The van der Waals surface area contributed by atoms with Crippen molar-refractivity contribution < 1.29 is 19.5 Å². The number of aliphatic carboxylic acids is 1. The molecule has 1 aliphatic rings. The van der Waals surface area contributed by atoms with E-state index in [1.165, 1.54) is 0 Å². The molecule has 1 atom stereocenters. The Kier molecular flexibility index (Phi) is 5.08. The van der Waals surface area contributed by atoms with Gasteiger partial charge in [-0.15, -0.1) is 0 Å². The van der Waals surface area contributed by atoms with Crippen molar-refractivity contribution in [1.82, 2.24) is 4.90 Å². The van der Waals surface area contributed by atoms with Crippen LogP contribution in [0.25, 0.3) is 0 Å². The van der Waals surface area contributed by atoms with E-state index in [4.69, 9.17) is 16.6 Å². The number of hydrogen-bond donors (Lipinski definition) is 3. The zero-order valence-corrected chi connectivity index (χ0v) is 10.2. The number of carbonyl (C=O) groups is 3. The molecule has 102 valence electrons. The number of nitrogens with zero attached hydrogens (tertiary/aromatic N) is 1. The summed E-state index contributed by atoms with van der Waals surface area (Å²) >= 11 is 0. The van der Waals surface area contributed by atoms with Gasteiger partial charge in [0.25, 0.3) is 0 Å². The minimum Gasteiger partial charge on any atom is -0.481 e. The van der Waals surface area contributed by atoms with Crippen LogP contribution >= 0.6 is 0 Å². The van der Waals surface area contributed by atoms with Crippen molar-refractivity contribution in [1.29, 1.82) is 0 Å². The van der Waals surface area contributed by atoms with Gasteiger partial charge in [0, 0.05) is 19.5 Å². The lowest BCUT2D eigenvalue weighted by molar-refractivity contribution is -0.142. The van der Waals surface area contributed by atoms with E-state index in [0.717, 1.165) is 0 Å². The summed E-state index contributed by atoms with van der Waals surface area (Å²) in [6.45, 7) is 1.01. The number of carboxylic acid groups (broad SMARTS) is 1. The summed E-state index contributed by atoms with van der Waals surface area (Å²) in [4.78, 5) is 34.6. The number of nitrogens with two attached hydrogens (primary N) is 2. The summed E-state index contributed by atoms with van der Waals surface area (Å²) in [5, 5.41) is 8.57. The van der Waals surface area contributed by atoms with Crippen molar-refractivity contribution >= 4 is 17.8 Å². The Balaban J connectivity index is 2.40. The molecule has 7 heteroatoms. The van der Waals surface area contributed by atoms with Crippen LogP contribution in [0.1, 0.15) is 25.7 Å². The van der Waals surface area contributed by atoms with Gasteiger partial charge in [-0.2, -0.15) is 0 Å². The molecule has 0 aliphatic carbocycles. The van der Waals surface area contributed by atoms with Gasteiger partial charge >= 0.3 is 5.97 Å². The Bertz CT molecular complexity index is 337. The van der Waals surface area contributed by atoms with E-state index in [1.807, 2.05) is 0 Å². The number of likely N-dealkylation sites (tertiary alicyclic amines) is 1. The number of amides is 2. The summed E-state index contributed by atoms with van der Waals surface area (Å²) in [6, 6.07) is -0.991. The van der Waals surface area contributed by atoms with E-state index in [0.29, 0.717) is 32.4 Å². The Morgan fingerprint density at radius 1 is 1.28 bits per heavy atom. The molecule has 1 aliphatic heterocycles. The fraction of sp³-hybridized carbons (Fsp3) is 0.727. The SMILES string of the molecule is NC(=O)CC1CCN(C(=O)C(N)CC(=O)O)CC1. The average Bonchev–Trinajstić information content (AvgIpc) is 2.27. The van der Waals surface area contributed by atoms with Crippen LogP contribution in [0, 0.1) is 5.92 Å². The summed E-state index contributed by atoms with van der Waals surface area (Å²) < 4.78 is 0. The van der Waals surface area contributed by atoms with E-state index in [9.17, 15) is 14.4 Å². The summed E-state index contributed by atoms with van der Waals surface area (Å²) in [6.07, 6.45) is 1.38. The second kappa shape index (κ2) is 6.34. The number of rotatable bonds is 5. The molecule has 1 fully saturated rings. The van der Waals surface area contributed by atoms with Gasteiger partial charge in [0.2, 0.25) is 11.8 Å². The Morgan fingerprint density at radius 2 is 1.83 bits per heavy atom. The molecule has 0 radical (unpaired) electrons. The topological polar surface area (TPSA) is 127 Å². The van der Waals surface area contributed by atoms with Crippen molar-refractivity contribution in [3.63, 3.8) is 0 Å². The minimum atomic E-state index is -1.08. The lowest BCUT2D eigenvalue weighted by atomic mass is 9.93.